The molecule has 0 spiro atoms. The van der Waals surface area contributed by atoms with E-state index in [1.807, 2.05) is 48.8 Å². The van der Waals surface area contributed by atoms with Crippen LogP contribution in [0.3, 0.4) is 0 Å². The summed E-state index contributed by atoms with van der Waals surface area (Å²) in [4.78, 5) is 9.10. The maximum Gasteiger partial charge on any atom is 0.0701 e. The topological polar surface area (TPSA) is 25.8 Å². The SMILES string of the molecule is C=C/C(=C\C=C(/C)c1cc(-c2ccc(-c3ccccn3)cc2)c2ccc3cc(C(C)(C)C)cc4ccc1c2c43)c1ccccn1. The highest BCUT2D eigenvalue weighted by Gasteiger charge is 2.20. The van der Waals surface area contributed by atoms with E-state index in [9.17, 15) is 0 Å². The van der Waals surface area contributed by atoms with Gasteiger partial charge in [-0.05, 0) is 108 Å². The Morgan fingerprint density at radius 3 is 1.96 bits per heavy atom. The van der Waals surface area contributed by atoms with Crippen molar-refractivity contribution in [1.82, 2.24) is 9.97 Å². The minimum atomic E-state index is 0.0677. The first kappa shape index (κ1) is 28.4. The van der Waals surface area contributed by atoms with E-state index in [-0.39, 0.29) is 5.41 Å². The molecule has 2 heteroatoms. The Morgan fingerprint density at radius 1 is 0.667 bits per heavy atom. The maximum atomic E-state index is 4.56. The molecular weight excluding hydrogens is 544 g/mol. The van der Waals surface area contributed by atoms with Crippen LogP contribution in [0.4, 0.5) is 0 Å². The zero-order chi connectivity index (χ0) is 31.1. The number of hydrogen-bond donors (Lipinski definition) is 0. The minimum absolute atomic E-state index is 0.0677. The molecular formula is C43H36N2. The van der Waals surface area contributed by atoms with Gasteiger partial charge in [0.25, 0.3) is 0 Å². The zero-order valence-corrected chi connectivity index (χ0v) is 26.3. The van der Waals surface area contributed by atoms with Crippen LogP contribution in [0, 0.1) is 0 Å². The summed E-state index contributed by atoms with van der Waals surface area (Å²) >= 11 is 0. The van der Waals surface area contributed by atoms with Crippen molar-refractivity contribution in [2.45, 2.75) is 33.1 Å². The number of pyridine rings is 2. The molecule has 0 fully saturated rings. The van der Waals surface area contributed by atoms with E-state index in [1.165, 1.54) is 60.1 Å². The van der Waals surface area contributed by atoms with Crippen molar-refractivity contribution in [2.75, 3.05) is 0 Å². The Hall–Kier alpha value is -5.34. The van der Waals surface area contributed by atoms with Crippen molar-refractivity contribution in [3.8, 4) is 22.4 Å². The van der Waals surface area contributed by atoms with Gasteiger partial charge in [-0.1, -0.05) is 118 Å². The zero-order valence-electron chi connectivity index (χ0n) is 26.3. The molecule has 218 valence electrons. The summed E-state index contributed by atoms with van der Waals surface area (Å²) < 4.78 is 0. The highest BCUT2D eigenvalue weighted by Crippen LogP contribution is 2.44. The van der Waals surface area contributed by atoms with Gasteiger partial charge in [0, 0.05) is 18.0 Å². The van der Waals surface area contributed by atoms with E-state index in [1.54, 1.807) is 0 Å². The Kier molecular flexibility index (Phi) is 7.14. The molecule has 0 radical (unpaired) electrons. The van der Waals surface area contributed by atoms with E-state index in [4.69, 9.17) is 0 Å². The second kappa shape index (κ2) is 11.3. The monoisotopic (exact) mass is 580 g/mol. The number of nitrogens with zero attached hydrogens (tertiary/aromatic N) is 2. The van der Waals surface area contributed by atoms with E-state index < -0.39 is 0 Å². The van der Waals surface area contributed by atoms with E-state index in [0.717, 1.165) is 22.5 Å². The fraction of sp³-hybridized carbons (Fsp3) is 0.116. The van der Waals surface area contributed by atoms with E-state index >= 15 is 0 Å². The Morgan fingerprint density at radius 2 is 1.33 bits per heavy atom. The lowest BCUT2D eigenvalue weighted by atomic mass is 9.81. The van der Waals surface area contributed by atoms with Gasteiger partial charge in [-0.3, -0.25) is 9.97 Å². The summed E-state index contributed by atoms with van der Waals surface area (Å²) in [5.74, 6) is 0. The average molecular weight is 581 g/mol. The van der Waals surface area contributed by atoms with Crippen molar-refractivity contribution < 1.29 is 0 Å². The number of allylic oxidation sites excluding steroid dienone is 5. The van der Waals surface area contributed by atoms with Crippen LogP contribution in [-0.2, 0) is 5.41 Å². The standard InChI is InChI=1S/C43H36N2/c1-6-29(39-11-7-9-23-44-39)14-13-28(2)37-27-38(30-15-17-31(18-16-30)40-12-8-10-24-45-40)36-22-20-33-26-34(43(3,4)5)25-32-19-21-35(37)42(36)41(32)33/h6-27H,1H2,2-5H3/b28-13+,29-14+. The van der Waals surface area contributed by atoms with Crippen molar-refractivity contribution in [3.05, 3.63) is 157 Å². The molecule has 0 bridgehead atoms. The van der Waals surface area contributed by atoms with Gasteiger partial charge in [-0.2, -0.15) is 0 Å². The van der Waals surface area contributed by atoms with Gasteiger partial charge in [0.15, 0.2) is 0 Å². The molecule has 0 saturated heterocycles. The molecule has 0 unspecified atom stereocenters. The molecule has 0 atom stereocenters. The normalized spacial score (nSPS) is 12.8. The van der Waals surface area contributed by atoms with Crippen molar-refractivity contribution >= 4 is 43.5 Å². The third-order valence-electron chi connectivity index (χ3n) is 8.86. The summed E-state index contributed by atoms with van der Waals surface area (Å²) in [5, 5.41) is 7.75. The second-order valence-corrected chi connectivity index (χ2v) is 12.8. The lowest BCUT2D eigenvalue weighted by molar-refractivity contribution is 0.591. The fourth-order valence-electron chi connectivity index (χ4n) is 6.36. The first-order valence-corrected chi connectivity index (χ1v) is 15.5. The third kappa shape index (κ3) is 5.23. The van der Waals surface area contributed by atoms with Crippen LogP contribution in [0.1, 0.15) is 44.5 Å². The van der Waals surface area contributed by atoms with E-state index in [0.29, 0.717) is 0 Å². The Balaban J connectivity index is 1.47. The van der Waals surface area contributed by atoms with Crippen LogP contribution < -0.4 is 0 Å². The Bertz CT molecular complexity index is 2210. The highest BCUT2D eigenvalue weighted by molar-refractivity contribution is 6.27. The van der Waals surface area contributed by atoms with Gasteiger partial charge in [-0.15, -0.1) is 0 Å². The third-order valence-corrected chi connectivity index (χ3v) is 8.86. The predicted octanol–water partition coefficient (Wildman–Crippen LogP) is 11.7. The van der Waals surface area contributed by atoms with Crippen LogP contribution >= 0.6 is 0 Å². The molecule has 45 heavy (non-hydrogen) atoms. The van der Waals surface area contributed by atoms with Crippen molar-refractivity contribution in [3.63, 3.8) is 0 Å². The fourth-order valence-corrected chi connectivity index (χ4v) is 6.36. The molecule has 0 saturated carbocycles. The Labute approximate surface area is 265 Å². The number of benzene rings is 5. The molecule has 0 amide bonds. The number of rotatable bonds is 6. The molecule has 0 aliphatic carbocycles. The van der Waals surface area contributed by atoms with Crippen LogP contribution in [-0.4, -0.2) is 9.97 Å². The molecule has 7 aromatic rings. The minimum Gasteiger partial charge on any atom is -0.256 e. The van der Waals surface area contributed by atoms with Crippen LogP contribution in [0.5, 0.6) is 0 Å². The molecule has 7 rings (SSSR count). The molecule has 2 nitrogen and oxygen atoms in total. The summed E-state index contributed by atoms with van der Waals surface area (Å²) in [6.45, 7) is 13.1. The van der Waals surface area contributed by atoms with Crippen LogP contribution in [0.25, 0.3) is 65.8 Å². The molecule has 5 aromatic carbocycles. The average Bonchev–Trinajstić information content (AvgIpc) is 3.07. The van der Waals surface area contributed by atoms with Gasteiger partial charge >= 0.3 is 0 Å². The molecule has 2 aromatic heterocycles. The van der Waals surface area contributed by atoms with Gasteiger partial charge in [-0.25, -0.2) is 0 Å². The summed E-state index contributed by atoms with van der Waals surface area (Å²) in [6, 6.07) is 37.2. The molecule has 2 heterocycles. The van der Waals surface area contributed by atoms with Crippen LogP contribution in [0.2, 0.25) is 0 Å². The van der Waals surface area contributed by atoms with Crippen molar-refractivity contribution in [1.29, 1.82) is 0 Å². The lowest BCUT2D eigenvalue weighted by Gasteiger charge is -2.23. The summed E-state index contributed by atoms with van der Waals surface area (Å²) in [5.41, 5.74) is 10.2. The quantitative estimate of drug-likeness (QED) is 0.144. The molecule has 0 aliphatic heterocycles. The first-order valence-electron chi connectivity index (χ1n) is 15.5. The maximum absolute atomic E-state index is 4.56. The molecule has 0 aliphatic rings. The summed E-state index contributed by atoms with van der Waals surface area (Å²) in [7, 11) is 0. The molecule has 0 N–H and O–H groups in total. The van der Waals surface area contributed by atoms with Crippen molar-refractivity contribution in [2.24, 2.45) is 0 Å². The smallest absolute Gasteiger partial charge is 0.0701 e. The largest absolute Gasteiger partial charge is 0.256 e. The summed E-state index contributed by atoms with van der Waals surface area (Å²) in [6.07, 6.45) is 9.86. The van der Waals surface area contributed by atoms with E-state index in [2.05, 4.69) is 129 Å². The number of aromatic nitrogens is 2. The van der Waals surface area contributed by atoms with Crippen LogP contribution in [0.15, 0.2) is 140 Å². The second-order valence-electron chi connectivity index (χ2n) is 12.8. The van der Waals surface area contributed by atoms with Gasteiger partial charge in [0.2, 0.25) is 0 Å². The lowest BCUT2D eigenvalue weighted by Crippen LogP contribution is -2.10. The predicted molar refractivity (Wildman–Crippen MR) is 194 cm³/mol. The van der Waals surface area contributed by atoms with Gasteiger partial charge in [0.1, 0.15) is 0 Å². The highest BCUT2D eigenvalue weighted by atomic mass is 14.7. The van der Waals surface area contributed by atoms with Gasteiger partial charge in [0.05, 0.1) is 11.4 Å². The van der Waals surface area contributed by atoms with Gasteiger partial charge < -0.3 is 0 Å². The first-order chi connectivity index (χ1) is 21.8. The number of hydrogen-bond acceptors (Lipinski definition) is 2.